The zero-order chi connectivity index (χ0) is 21.8. The summed E-state index contributed by atoms with van der Waals surface area (Å²) in [7, 11) is 3.36. The molecule has 1 aliphatic rings. The Hall–Kier alpha value is -2.79. The highest BCUT2D eigenvalue weighted by atomic mass is 79.9. The first kappa shape index (κ1) is 21.4. The van der Waals surface area contributed by atoms with Crippen LogP contribution in [0.25, 0.3) is 0 Å². The van der Waals surface area contributed by atoms with E-state index in [2.05, 4.69) is 88.4 Å². The summed E-state index contributed by atoms with van der Waals surface area (Å²) >= 11 is 3.53. The van der Waals surface area contributed by atoms with Crippen molar-refractivity contribution in [2.45, 2.75) is 19.4 Å². The number of aliphatic imine (C=N–C) groups is 1. The number of anilines is 1. The van der Waals surface area contributed by atoms with E-state index in [-0.39, 0.29) is 6.04 Å². The average Bonchev–Trinajstić information content (AvgIpc) is 2.96. The summed E-state index contributed by atoms with van der Waals surface area (Å²) in [6, 6.07) is 23.2. The topological polar surface area (TPSA) is 34.1 Å². The molecule has 3 aromatic carbocycles. The molecule has 1 aliphatic heterocycles. The second kappa shape index (κ2) is 9.56. The van der Waals surface area contributed by atoms with Crippen LogP contribution in [-0.4, -0.2) is 39.1 Å². The molecular formula is C26H27BrN2O2. The Labute approximate surface area is 192 Å². The van der Waals surface area contributed by atoms with Gasteiger partial charge in [0.1, 0.15) is 0 Å². The lowest BCUT2D eigenvalue weighted by Gasteiger charge is -2.26. The third kappa shape index (κ3) is 4.62. The number of methoxy groups -OCH3 is 2. The Kier molecular flexibility index (Phi) is 6.62. The Bertz CT molecular complexity index is 1060. The van der Waals surface area contributed by atoms with Gasteiger partial charge in [-0.2, -0.15) is 0 Å². The number of likely N-dealkylation sites (N-methyl/N-ethyl adjacent to an activating group) is 1. The van der Waals surface area contributed by atoms with E-state index >= 15 is 0 Å². The van der Waals surface area contributed by atoms with Gasteiger partial charge in [0.05, 0.1) is 31.7 Å². The van der Waals surface area contributed by atoms with Crippen molar-refractivity contribution in [1.29, 1.82) is 0 Å². The van der Waals surface area contributed by atoms with Crippen molar-refractivity contribution in [3.63, 3.8) is 0 Å². The molecule has 160 valence electrons. The Morgan fingerprint density at radius 2 is 1.65 bits per heavy atom. The highest BCUT2D eigenvalue weighted by Crippen LogP contribution is 2.38. The summed E-state index contributed by atoms with van der Waals surface area (Å²) in [5, 5.41) is 0. The molecule has 0 fully saturated rings. The lowest BCUT2D eigenvalue weighted by Crippen LogP contribution is -2.32. The molecule has 0 N–H and O–H groups in total. The zero-order valence-corrected chi connectivity index (χ0v) is 19.7. The van der Waals surface area contributed by atoms with Gasteiger partial charge in [0.2, 0.25) is 0 Å². The van der Waals surface area contributed by atoms with Crippen molar-refractivity contribution in [2.75, 3.05) is 32.2 Å². The second-order valence-electron chi connectivity index (χ2n) is 7.59. The van der Waals surface area contributed by atoms with Gasteiger partial charge in [0, 0.05) is 34.8 Å². The van der Waals surface area contributed by atoms with Gasteiger partial charge in [-0.05, 0) is 37.1 Å². The van der Waals surface area contributed by atoms with Crippen LogP contribution in [0.5, 0.6) is 11.5 Å². The molecule has 4 rings (SSSR count). The number of halogens is 1. The number of benzodiazepines with no additional fused rings is 1. The first-order chi connectivity index (χ1) is 15.1. The smallest absolute Gasteiger partial charge is 0.162 e. The minimum atomic E-state index is 0.126. The van der Waals surface area contributed by atoms with Crippen LogP contribution in [0, 0.1) is 0 Å². The monoisotopic (exact) mass is 478 g/mol. The molecule has 0 saturated heterocycles. The van der Waals surface area contributed by atoms with Crippen LogP contribution in [0.3, 0.4) is 0 Å². The molecule has 1 heterocycles. The van der Waals surface area contributed by atoms with E-state index in [1.807, 2.05) is 6.07 Å². The standard InChI is InChI=1S/C26H27BrN2O2/c1-4-29-17-21(14-18-10-12-20(27)13-11-18)28-26(19-8-6-5-7-9-19)22-15-24(30-2)25(31-3)16-23(22)29/h5-13,15-16,21H,4,14,17H2,1-3H3. The van der Waals surface area contributed by atoms with Crippen molar-refractivity contribution in [2.24, 2.45) is 4.99 Å². The zero-order valence-electron chi connectivity index (χ0n) is 18.1. The van der Waals surface area contributed by atoms with Crippen molar-refractivity contribution >= 4 is 27.3 Å². The van der Waals surface area contributed by atoms with Crippen molar-refractivity contribution < 1.29 is 9.47 Å². The minimum Gasteiger partial charge on any atom is -0.493 e. The van der Waals surface area contributed by atoms with E-state index in [1.54, 1.807) is 14.2 Å². The lowest BCUT2D eigenvalue weighted by molar-refractivity contribution is 0.355. The fraction of sp³-hybridized carbons (Fsp3) is 0.269. The van der Waals surface area contributed by atoms with E-state index in [4.69, 9.17) is 14.5 Å². The van der Waals surface area contributed by atoms with Crippen molar-refractivity contribution in [1.82, 2.24) is 0 Å². The van der Waals surface area contributed by atoms with Crippen LogP contribution in [0.1, 0.15) is 23.6 Å². The number of hydrogen-bond acceptors (Lipinski definition) is 4. The number of fused-ring (bicyclic) bond motifs is 1. The van der Waals surface area contributed by atoms with Gasteiger partial charge >= 0.3 is 0 Å². The van der Waals surface area contributed by atoms with E-state index in [1.165, 1.54) is 5.56 Å². The molecule has 0 amide bonds. The number of benzene rings is 3. The maximum Gasteiger partial charge on any atom is 0.162 e. The molecule has 5 heteroatoms. The molecule has 1 atom stereocenters. The van der Waals surface area contributed by atoms with Crippen LogP contribution >= 0.6 is 15.9 Å². The molecule has 31 heavy (non-hydrogen) atoms. The molecule has 3 aromatic rings. The summed E-state index contributed by atoms with van der Waals surface area (Å²) in [5.74, 6) is 1.45. The van der Waals surface area contributed by atoms with Crippen molar-refractivity contribution in [3.05, 3.63) is 87.9 Å². The SMILES string of the molecule is CCN1CC(Cc2ccc(Br)cc2)N=C(c2ccccc2)c2cc(OC)c(OC)cc21. The van der Waals surface area contributed by atoms with Gasteiger partial charge in [-0.25, -0.2) is 0 Å². The predicted molar refractivity (Wildman–Crippen MR) is 131 cm³/mol. The third-order valence-electron chi connectivity index (χ3n) is 5.65. The third-order valence-corrected chi connectivity index (χ3v) is 6.18. The second-order valence-corrected chi connectivity index (χ2v) is 8.51. The van der Waals surface area contributed by atoms with Gasteiger partial charge < -0.3 is 14.4 Å². The number of ether oxygens (including phenoxy) is 2. The molecule has 0 aliphatic carbocycles. The summed E-state index contributed by atoms with van der Waals surface area (Å²) in [4.78, 5) is 7.69. The maximum absolute atomic E-state index is 5.63. The predicted octanol–water partition coefficient (Wildman–Crippen LogP) is 5.75. The van der Waals surface area contributed by atoms with Gasteiger partial charge in [-0.1, -0.05) is 58.4 Å². The van der Waals surface area contributed by atoms with Crippen LogP contribution in [0.4, 0.5) is 5.69 Å². The largest absolute Gasteiger partial charge is 0.493 e. The van der Waals surface area contributed by atoms with Crippen LogP contribution in [0.15, 0.2) is 76.2 Å². The summed E-state index contributed by atoms with van der Waals surface area (Å²) in [6.45, 7) is 3.91. The number of nitrogens with zero attached hydrogens (tertiary/aromatic N) is 2. The molecule has 1 unspecified atom stereocenters. The van der Waals surface area contributed by atoms with E-state index in [0.717, 1.165) is 52.3 Å². The van der Waals surface area contributed by atoms with Gasteiger partial charge in [0.15, 0.2) is 11.5 Å². The van der Waals surface area contributed by atoms with Gasteiger partial charge in [-0.15, -0.1) is 0 Å². The molecule has 0 bridgehead atoms. The van der Waals surface area contributed by atoms with Crippen molar-refractivity contribution in [3.8, 4) is 11.5 Å². The van der Waals surface area contributed by atoms with Gasteiger partial charge in [-0.3, -0.25) is 4.99 Å². The number of hydrogen-bond donors (Lipinski definition) is 0. The number of rotatable bonds is 6. The van der Waals surface area contributed by atoms with Crippen LogP contribution < -0.4 is 14.4 Å². The molecular weight excluding hydrogens is 452 g/mol. The highest BCUT2D eigenvalue weighted by molar-refractivity contribution is 9.10. The van der Waals surface area contributed by atoms with Crippen LogP contribution in [-0.2, 0) is 6.42 Å². The molecule has 0 spiro atoms. The Morgan fingerprint density at radius 1 is 0.968 bits per heavy atom. The summed E-state index contributed by atoms with van der Waals surface area (Å²) in [5.41, 5.74) is 5.58. The summed E-state index contributed by atoms with van der Waals surface area (Å²) in [6.07, 6.45) is 0.877. The Balaban J connectivity index is 1.85. The Morgan fingerprint density at radius 3 is 2.29 bits per heavy atom. The lowest BCUT2D eigenvalue weighted by atomic mass is 9.99. The molecule has 0 aromatic heterocycles. The van der Waals surface area contributed by atoms with E-state index < -0.39 is 0 Å². The highest BCUT2D eigenvalue weighted by Gasteiger charge is 2.26. The quantitative estimate of drug-likeness (QED) is 0.451. The van der Waals surface area contributed by atoms with Crippen LogP contribution in [0.2, 0.25) is 0 Å². The minimum absolute atomic E-state index is 0.126. The maximum atomic E-state index is 5.63. The summed E-state index contributed by atoms with van der Waals surface area (Å²) < 4.78 is 12.3. The first-order valence-electron chi connectivity index (χ1n) is 10.5. The normalized spacial score (nSPS) is 15.7. The molecule has 0 radical (unpaired) electrons. The molecule has 4 nitrogen and oxygen atoms in total. The van der Waals surface area contributed by atoms with E-state index in [0.29, 0.717) is 5.75 Å². The molecule has 0 saturated carbocycles. The fourth-order valence-corrected chi connectivity index (χ4v) is 4.36. The first-order valence-corrected chi connectivity index (χ1v) is 11.3. The average molecular weight is 479 g/mol. The van der Waals surface area contributed by atoms with E-state index in [9.17, 15) is 0 Å². The van der Waals surface area contributed by atoms with Gasteiger partial charge in [0.25, 0.3) is 0 Å². The fourth-order valence-electron chi connectivity index (χ4n) is 4.09.